The van der Waals surface area contributed by atoms with E-state index in [0.717, 1.165) is 0 Å². The highest BCUT2D eigenvalue weighted by Crippen LogP contribution is 2.14. The Labute approximate surface area is 74.3 Å². The molecule has 0 aromatic carbocycles. The highest BCUT2D eigenvalue weighted by molar-refractivity contribution is 5.91. The molecule has 0 atom stereocenters. The van der Waals surface area contributed by atoms with Gasteiger partial charge in [0.1, 0.15) is 5.69 Å². The van der Waals surface area contributed by atoms with Crippen molar-refractivity contribution in [1.82, 2.24) is 10.2 Å². The van der Waals surface area contributed by atoms with Crippen molar-refractivity contribution < 1.29 is 14.6 Å². The van der Waals surface area contributed by atoms with Crippen molar-refractivity contribution in [1.29, 1.82) is 0 Å². The standard InChI is InChI=1S/C7H9N3O3/c1-2-13-4-8-5-3-9-10-6(5)7(11)12/h3-4H,2H2,1H3,(H,9,10)(H,11,12). The Bertz CT molecular complexity index is 319. The first-order valence-electron chi connectivity index (χ1n) is 3.66. The molecule has 0 spiro atoms. The van der Waals surface area contributed by atoms with E-state index >= 15 is 0 Å². The molecule has 6 heteroatoms. The Balaban J connectivity index is 2.76. The number of aliphatic imine (C=N–C) groups is 1. The van der Waals surface area contributed by atoms with E-state index in [9.17, 15) is 4.79 Å². The molecule has 0 aliphatic rings. The molecule has 0 unspecified atom stereocenters. The molecular formula is C7H9N3O3. The van der Waals surface area contributed by atoms with Gasteiger partial charge in [0.15, 0.2) is 12.1 Å². The van der Waals surface area contributed by atoms with Crippen LogP contribution in [-0.4, -0.2) is 34.3 Å². The summed E-state index contributed by atoms with van der Waals surface area (Å²) >= 11 is 0. The largest absolute Gasteiger partial charge is 0.483 e. The number of nitrogens with zero attached hydrogens (tertiary/aromatic N) is 2. The molecule has 0 radical (unpaired) electrons. The molecule has 0 aliphatic heterocycles. The van der Waals surface area contributed by atoms with E-state index in [4.69, 9.17) is 9.84 Å². The Kier molecular flexibility index (Phi) is 3.02. The van der Waals surface area contributed by atoms with Gasteiger partial charge < -0.3 is 9.84 Å². The van der Waals surface area contributed by atoms with Gasteiger partial charge in [0.2, 0.25) is 0 Å². The summed E-state index contributed by atoms with van der Waals surface area (Å²) in [6, 6.07) is 0. The predicted molar refractivity (Wildman–Crippen MR) is 45.3 cm³/mol. The lowest BCUT2D eigenvalue weighted by molar-refractivity contribution is 0.0691. The summed E-state index contributed by atoms with van der Waals surface area (Å²) in [5.74, 6) is -1.10. The first kappa shape index (κ1) is 9.24. The van der Waals surface area contributed by atoms with Gasteiger partial charge >= 0.3 is 5.97 Å². The Morgan fingerprint density at radius 2 is 2.69 bits per heavy atom. The highest BCUT2D eigenvalue weighted by Gasteiger charge is 2.10. The van der Waals surface area contributed by atoms with E-state index in [0.29, 0.717) is 6.61 Å². The zero-order chi connectivity index (χ0) is 9.68. The summed E-state index contributed by atoms with van der Waals surface area (Å²) in [5, 5.41) is 14.5. The van der Waals surface area contributed by atoms with Crippen LogP contribution in [0.2, 0.25) is 0 Å². The number of H-pyrrole nitrogens is 1. The maximum Gasteiger partial charge on any atom is 0.356 e. The Hall–Kier alpha value is -1.85. The topological polar surface area (TPSA) is 87.6 Å². The molecule has 0 amide bonds. The number of aromatic carboxylic acids is 1. The Morgan fingerprint density at radius 3 is 3.31 bits per heavy atom. The third-order valence-corrected chi connectivity index (χ3v) is 1.27. The van der Waals surface area contributed by atoms with Crippen molar-refractivity contribution in [2.75, 3.05) is 6.61 Å². The average molecular weight is 183 g/mol. The molecule has 13 heavy (non-hydrogen) atoms. The number of ether oxygens (including phenoxy) is 1. The second-order valence-corrected chi connectivity index (χ2v) is 2.13. The lowest BCUT2D eigenvalue weighted by Gasteiger charge is -1.92. The maximum absolute atomic E-state index is 10.5. The smallest absolute Gasteiger partial charge is 0.356 e. The van der Waals surface area contributed by atoms with E-state index < -0.39 is 5.97 Å². The number of carboxylic acids is 1. The van der Waals surface area contributed by atoms with Crippen LogP contribution in [0.5, 0.6) is 0 Å². The summed E-state index contributed by atoms with van der Waals surface area (Å²) in [6.45, 7) is 2.29. The van der Waals surface area contributed by atoms with E-state index in [-0.39, 0.29) is 11.4 Å². The van der Waals surface area contributed by atoms with Gasteiger partial charge in [-0.15, -0.1) is 0 Å². The van der Waals surface area contributed by atoms with Crippen LogP contribution < -0.4 is 0 Å². The van der Waals surface area contributed by atoms with E-state index in [1.807, 2.05) is 0 Å². The summed E-state index contributed by atoms with van der Waals surface area (Å²) in [6.07, 6.45) is 2.51. The quantitative estimate of drug-likeness (QED) is 0.534. The van der Waals surface area contributed by atoms with Gasteiger partial charge in [-0.05, 0) is 6.92 Å². The number of rotatable bonds is 4. The summed E-state index contributed by atoms with van der Waals surface area (Å²) in [5.41, 5.74) is 0.205. The maximum atomic E-state index is 10.5. The number of nitrogens with one attached hydrogen (secondary N) is 1. The van der Waals surface area contributed by atoms with Gasteiger partial charge in [-0.1, -0.05) is 0 Å². The van der Waals surface area contributed by atoms with Crippen LogP contribution in [0.3, 0.4) is 0 Å². The summed E-state index contributed by atoms with van der Waals surface area (Å²) in [7, 11) is 0. The van der Waals surface area contributed by atoms with Gasteiger partial charge in [0.25, 0.3) is 0 Å². The molecule has 1 heterocycles. The first-order chi connectivity index (χ1) is 6.25. The average Bonchev–Trinajstić information content (AvgIpc) is 2.53. The minimum atomic E-state index is -1.10. The molecule has 1 rings (SSSR count). The number of aromatic amines is 1. The first-order valence-corrected chi connectivity index (χ1v) is 3.66. The van der Waals surface area contributed by atoms with Gasteiger partial charge in [-0.3, -0.25) is 5.10 Å². The molecule has 2 N–H and O–H groups in total. The van der Waals surface area contributed by atoms with E-state index in [1.54, 1.807) is 6.92 Å². The highest BCUT2D eigenvalue weighted by atomic mass is 16.5. The normalized spacial score (nSPS) is 10.5. The van der Waals surface area contributed by atoms with E-state index in [1.165, 1.54) is 12.6 Å². The van der Waals surface area contributed by atoms with Crippen LogP contribution in [0.25, 0.3) is 0 Å². The van der Waals surface area contributed by atoms with Crippen molar-refractivity contribution in [2.24, 2.45) is 4.99 Å². The fourth-order valence-corrected chi connectivity index (χ4v) is 0.704. The van der Waals surface area contributed by atoms with Crippen LogP contribution in [-0.2, 0) is 4.74 Å². The third kappa shape index (κ3) is 2.29. The van der Waals surface area contributed by atoms with Crippen LogP contribution >= 0.6 is 0 Å². The molecule has 0 saturated heterocycles. The van der Waals surface area contributed by atoms with Crippen LogP contribution in [0.4, 0.5) is 5.69 Å². The molecule has 0 aliphatic carbocycles. The predicted octanol–water partition coefficient (Wildman–Crippen LogP) is 0.804. The number of hydrogen-bond acceptors (Lipinski definition) is 4. The molecule has 1 aromatic heterocycles. The number of carboxylic acid groups (broad SMARTS) is 1. The van der Waals surface area contributed by atoms with Gasteiger partial charge in [0.05, 0.1) is 12.8 Å². The summed E-state index contributed by atoms with van der Waals surface area (Å²) < 4.78 is 4.82. The zero-order valence-corrected chi connectivity index (χ0v) is 7.02. The monoisotopic (exact) mass is 183 g/mol. The zero-order valence-electron chi connectivity index (χ0n) is 7.02. The number of aromatic nitrogens is 2. The second-order valence-electron chi connectivity index (χ2n) is 2.13. The molecule has 1 aromatic rings. The molecule has 70 valence electrons. The molecule has 6 nitrogen and oxygen atoms in total. The van der Waals surface area contributed by atoms with Crippen molar-refractivity contribution >= 4 is 18.1 Å². The van der Waals surface area contributed by atoms with Gasteiger partial charge in [0, 0.05) is 0 Å². The minimum Gasteiger partial charge on any atom is -0.483 e. The fraction of sp³-hybridized carbons (Fsp3) is 0.286. The van der Waals surface area contributed by atoms with Gasteiger partial charge in [-0.2, -0.15) is 5.10 Å². The van der Waals surface area contributed by atoms with Crippen molar-refractivity contribution in [3.05, 3.63) is 11.9 Å². The lowest BCUT2D eigenvalue weighted by Crippen LogP contribution is -1.96. The lowest BCUT2D eigenvalue weighted by atomic mass is 10.4. The van der Waals surface area contributed by atoms with Crippen molar-refractivity contribution in [2.45, 2.75) is 6.92 Å². The minimum absolute atomic E-state index is 0.0454. The van der Waals surface area contributed by atoms with Gasteiger partial charge in [-0.25, -0.2) is 9.79 Å². The third-order valence-electron chi connectivity index (χ3n) is 1.27. The Morgan fingerprint density at radius 1 is 1.92 bits per heavy atom. The van der Waals surface area contributed by atoms with E-state index in [2.05, 4.69) is 15.2 Å². The van der Waals surface area contributed by atoms with Crippen LogP contribution in [0.1, 0.15) is 17.4 Å². The van der Waals surface area contributed by atoms with Crippen molar-refractivity contribution in [3.63, 3.8) is 0 Å². The van der Waals surface area contributed by atoms with Crippen LogP contribution in [0.15, 0.2) is 11.2 Å². The molecule has 0 saturated carbocycles. The number of hydrogen-bond donors (Lipinski definition) is 2. The molecule has 0 fully saturated rings. The van der Waals surface area contributed by atoms with Crippen LogP contribution in [0, 0.1) is 0 Å². The molecular weight excluding hydrogens is 174 g/mol. The second kappa shape index (κ2) is 4.24. The fourth-order valence-electron chi connectivity index (χ4n) is 0.704. The SMILES string of the molecule is CCOC=Nc1cn[nH]c1C(=O)O. The molecule has 0 bridgehead atoms. The van der Waals surface area contributed by atoms with Crippen molar-refractivity contribution in [3.8, 4) is 0 Å². The summed E-state index contributed by atoms with van der Waals surface area (Å²) in [4.78, 5) is 14.3. The number of carbonyl (C=O) groups is 1.